The Kier molecular flexibility index (Phi) is 41.0. The van der Waals surface area contributed by atoms with E-state index >= 15 is 0 Å². The number of rotatable bonds is 43. The van der Waals surface area contributed by atoms with Crippen LogP contribution in [0.4, 0.5) is 0 Å². The van der Waals surface area contributed by atoms with Crippen LogP contribution >= 0.6 is 7.82 Å². The maximum absolute atomic E-state index is 12.6. The predicted molar refractivity (Wildman–Crippen MR) is 233 cm³/mol. The number of phosphoric ester groups is 1. The first-order valence-electron chi connectivity index (χ1n) is 22.9. The molecule has 3 N–H and O–H groups in total. The molecular weight excluding hydrogens is 743 g/mol. The average Bonchev–Trinajstić information content (AvgIpc) is 3.20. The lowest BCUT2D eigenvalue weighted by atomic mass is 10.0. The van der Waals surface area contributed by atoms with Crippen molar-refractivity contribution >= 4 is 19.8 Å². The molecule has 0 aromatic rings. The highest BCUT2D eigenvalue weighted by molar-refractivity contribution is 7.47. The predicted octanol–water partition coefficient (Wildman–Crippen LogP) is 12.3. The van der Waals surface area contributed by atoms with Gasteiger partial charge in [-0.3, -0.25) is 18.6 Å². The molecule has 0 aliphatic rings. The van der Waals surface area contributed by atoms with Gasteiger partial charge in [0, 0.05) is 12.8 Å². The van der Waals surface area contributed by atoms with Crippen LogP contribution in [0.15, 0.2) is 36.5 Å². The molecule has 10 nitrogen and oxygen atoms in total. The molecule has 0 bridgehead atoms. The van der Waals surface area contributed by atoms with Crippen molar-refractivity contribution in [3.05, 3.63) is 36.5 Å². The van der Waals surface area contributed by atoms with Crippen LogP contribution in [-0.2, 0) is 32.7 Å². The molecule has 0 aliphatic carbocycles. The first-order valence-corrected chi connectivity index (χ1v) is 24.4. The van der Waals surface area contributed by atoms with E-state index in [9.17, 15) is 24.2 Å². The Balaban J connectivity index is 4.28. The topological polar surface area (TPSA) is 149 Å². The number of allylic oxidation sites excluding steroid dienone is 6. The molecule has 0 heterocycles. The molecule has 1 unspecified atom stereocenters. The zero-order valence-electron chi connectivity index (χ0n) is 36.3. The molecule has 0 aromatic carbocycles. The van der Waals surface area contributed by atoms with Gasteiger partial charge in [0.05, 0.1) is 19.8 Å². The van der Waals surface area contributed by atoms with Gasteiger partial charge in [0.1, 0.15) is 12.7 Å². The summed E-state index contributed by atoms with van der Waals surface area (Å²) in [5, 5.41) is 18.3. The number of phosphoric acid groups is 1. The lowest BCUT2D eigenvalue weighted by Crippen LogP contribution is -2.29. The van der Waals surface area contributed by atoms with Crippen molar-refractivity contribution in [3.63, 3.8) is 0 Å². The second-order valence-corrected chi connectivity index (χ2v) is 16.9. The third-order valence-corrected chi connectivity index (χ3v) is 10.7. The Bertz CT molecular complexity index is 1050. The van der Waals surface area contributed by atoms with Gasteiger partial charge in [-0.2, -0.15) is 0 Å². The van der Waals surface area contributed by atoms with Crippen LogP contribution in [0.25, 0.3) is 0 Å². The van der Waals surface area contributed by atoms with Gasteiger partial charge in [-0.1, -0.05) is 179 Å². The highest BCUT2D eigenvalue weighted by Crippen LogP contribution is 2.43. The van der Waals surface area contributed by atoms with Gasteiger partial charge in [-0.15, -0.1) is 0 Å². The van der Waals surface area contributed by atoms with Gasteiger partial charge in [-0.05, 0) is 51.4 Å². The van der Waals surface area contributed by atoms with E-state index in [4.69, 9.17) is 23.6 Å². The minimum atomic E-state index is -4.62. The molecular formula is C46H85O10P. The fraction of sp³-hybridized carbons (Fsp3) is 0.826. The largest absolute Gasteiger partial charge is 0.472 e. The van der Waals surface area contributed by atoms with Crippen molar-refractivity contribution < 1.29 is 47.8 Å². The highest BCUT2D eigenvalue weighted by atomic mass is 31.2. The molecule has 0 radical (unpaired) electrons. The second kappa shape index (κ2) is 42.3. The summed E-state index contributed by atoms with van der Waals surface area (Å²) in [4.78, 5) is 35.0. The molecule has 334 valence electrons. The Morgan fingerprint density at radius 3 is 1.40 bits per heavy atom. The average molecular weight is 829 g/mol. The van der Waals surface area contributed by atoms with E-state index in [2.05, 4.69) is 50.3 Å². The molecule has 0 aliphatic heterocycles. The van der Waals surface area contributed by atoms with Gasteiger partial charge in [0.25, 0.3) is 0 Å². The van der Waals surface area contributed by atoms with Gasteiger partial charge >= 0.3 is 19.8 Å². The maximum Gasteiger partial charge on any atom is 0.472 e. The molecule has 0 fully saturated rings. The number of esters is 2. The fourth-order valence-electron chi connectivity index (χ4n) is 6.24. The van der Waals surface area contributed by atoms with E-state index < -0.39 is 51.8 Å². The minimum absolute atomic E-state index is 0.179. The normalized spacial score (nSPS) is 14.1. The summed E-state index contributed by atoms with van der Waals surface area (Å²) < 4.78 is 32.7. The van der Waals surface area contributed by atoms with Crippen molar-refractivity contribution in [1.29, 1.82) is 0 Å². The van der Waals surface area contributed by atoms with E-state index in [0.717, 1.165) is 51.4 Å². The van der Waals surface area contributed by atoms with Crippen LogP contribution in [0.1, 0.15) is 206 Å². The minimum Gasteiger partial charge on any atom is -0.462 e. The van der Waals surface area contributed by atoms with Crippen LogP contribution in [-0.4, -0.2) is 65.7 Å². The first-order chi connectivity index (χ1) is 27.7. The smallest absolute Gasteiger partial charge is 0.462 e. The lowest BCUT2D eigenvalue weighted by Gasteiger charge is -2.20. The van der Waals surface area contributed by atoms with Crippen molar-refractivity contribution in [2.75, 3.05) is 26.4 Å². The number of carbonyl (C=O) groups excluding carboxylic acids is 2. The number of ether oxygens (including phenoxy) is 2. The van der Waals surface area contributed by atoms with Crippen LogP contribution in [0.3, 0.4) is 0 Å². The third-order valence-electron chi connectivity index (χ3n) is 9.80. The zero-order valence-corrected chi connectivity index (χ0v) is 37.2. The molecule has 0 rings (SSSR count). The van der Waals surface area contributed by atoms with E-state index in [0.29, 0.717) is 12.8 Å². The maximum atomic E-state index is 12.6. The summed E-state index contributed by atoms with van der Waals surface area (Å²) in [6.07, 6.45) is 44.0. The van der Waals surface area contributed by atoms with Crippen LogP contribution in [0.5, 0.6) is 0 Å². The molecule has 57 heavy (non-hydrogen) atoms. The summed E-state index contributed by atoms with van der Waals surface area (Å²) in [5.41, 5.74) is 0. The molecule has 3 atom stereocenters. The van der Waals surface area contributed by atoms with E-state index in [-0.39, 0.29) is 19.4 Å². The Morgan fingerprint density at radius 2 is 0.912 bits per heavy atom. The summed E-state index contributed by atoms with van der Waals surface area (Å²) in [7, 11) is -4.62. The molecule has 0 amide bonds. The summed E-state index contributed by atoms with van der Waals surface area (Å²) in [6.45, 7) is 2.33. The molecule has 0 spiro atoms. The van der Waals surface area contributed by atoms with Crippen LogP contribution in [0, 0.1) is 0 Å². The van der Waals surface area contributed by atoms with E-state index in [1.165, 1.54) is 116 Å². The summed E-state index contributed by atoms with van der Waals surface area (Å²) in [6, 6.07) is 0. The first kappa shape index (κ1) is 55.2. The number of unbranched alkanes of at least 4 members (excludes halogenated alkanes) is 23. The van der Waals surface area contributed by atoms with E-state index in [1.54, 1.807) is 0 Å². The van der Waals surface area contributed by atoms with Crippen molar-refractivity contribution in [2.45, 2.75) is 219 Å². The number of hydrogen-bond acceptors (Lipinski definition) is 9. The quantitative estimate of drug-likeness (QED) is 0.0235. The van der Waals surface area contributed by atoms with Crippen molar-refractivity contribution in [2.24, 2.45) is 0 Å². The lowest BCUT2D eigenvalue weighted by molar-refractivity contribution is -0.161. The number of carbonyl (C=O) groups is 2. The highest BCUT2D eigenvalue weighted by Gasteiger charge is 2.27. The van der Waals surface area contributed by atoms with Crippen LogP contribution in [0.2, 0.25) is 0 Å². The standard InChI is InChI=1S/C46H85O10P/c1-3-5-7-9-11-13-15-17-19-20-21-22-24-26-28-30-32-34-36-38-46(50)56-44(42-55-57(51,52)54-40-43(48)39-47)41-53-45(49)37-35-33-31-29-27-25-23-18-16-14-12-10-8-6-4-2/h12,14,18,23,27,29,43-44,47-48H,3-11,13,15-17,19-22,24-26,28,30-42H2,1-2H3,(H,51,52)/b14-12+,23-18+,29-27+/t43-,44+/m0/s1. The fourth-order valence-corrected chi connectivity index (χ4v) is 7.03. The molecule has 0 saturated carbocycles. The van der Waals surface area contributed by atoms with Gasteiger partial charge < -0.3 is 24.6 Å². The Labute approximate surface area is 348 Å². The summed E-state index contributed by atoms with van der Waals surface area (Å²) in [5.74, 6) is -0.962. The third kappa shape index (κ3) is 42.1. The molecule has 0 saturated heterocycles. The van der Waals surface area contributed by atoms with Crippen LogP contribution < -0.4 is 0 Å². The SMILES string of the molecule is CCCCC/C=C/C/C=C/C/C=C/CCCCC(=O)OC[C@H](COP(=O)(O)OC[C@@H](O)CO)OC(=O)CCCCCCCCCCCCCCCCCCCCC. The second-order valence-electron chi connectivity index (χ2n) is 15.4. The summed E-state index contributed by atoms with van der Waals surface area (Å²) >= 11 is 0. The van der Waals surface area contributed by atoms with Gasteiger partial charge in [0.15, 0.2) is 6.10 Å². The van der Waals surface area contributed by atoms with E-state index in [1.807, 2.05) is 0 Å². The van der Waals surface area contributed by atoms with Gasteiger partial charge in [-0.25, -0.2) is 4.57 Å². The number of aliphatic hydroxyl groups is 2. The monoisotopic (exact) mass is 829 g/mol. The Hall–Kier alpha value is -1.81. The molecule has 0 aromatic heterocycles. The van der Waals surface area contributed by atoms with Gasteiger partial charge in [0.2, 0.25) is 0 Å². The molecule has 11 heteroatoms. The number of aliphatic hydroxyl groups excluding tert-OH is 2. The van der Waals surface area contributed by atoms with Crippen molar-refractivity contribution in [1.82, 2.24) is 0 Å². The Morgan fingerprint density at radius 1 is 0.526 bits per heavy atom. The zero-order chi connectivity index (χ0) is 41.9. The van der Waals surface area contributed by atoms with Crippen molar-refractivity contribution in [3.8, 4) is 0 Å². The number of hydrogen-bond donors (Lipinski definition) is 3.